The molecule has 6 heteroatoms. The number of aromatic nitrogens is 1. The topological polar surface area (TPSA) is 59.1 Å². The van der Waals surface area contributed by atoms with Crippen molar-refractivity contribution in [3.05, 3.63) is 41.0 Å². The molecule has 0 aliphatic heterocycles. The van der Waals surface area contributed by atoms with Crippen molar-refractivity contribution in [1.82, 2.24) is 10.3 Å². The maximum absolute atomic E-state index is 12.0. The van der Waals surface area contributed by atoms with E-state index in [1.807, 2.05) is 24.3 Å². The van der Waals surface area contributed by atoms with Crippen molar-refractivity contribution in [1.29, 1.82) is 0 Å². The Balaban J connectivity index is 2.08. The molecule has 106 valence electrons. The normalized spacial score (nSPS) is 12.3. The maximum Gasteiger partial charge on any atom is 0.269 e. The van der Waals surface area contributed by atoms with Gasteiger partial charge in [-0.25, -0.2) is 4.98 Å². The predicted molar refractivity (Wildman–Crippen MR) is 82.6 cm³/mol. The van der Waals surface area contributed by atoms with Gasteiger partial charge in [0.1, 0.15) is 5.69 Å². The van der Waals surface area contributed by atoms with Gasteiger partial charge in [-0.3, -0.25) is 9.00 Å². The first-order valence-corrected chi connectivity index (χ1v) is 8.32. The average molecular weight is 311 g/mol. The van der Waals surface area contributed by atoms with Gasteiger partial charge in [-0.2, -0.15) is 0 Å². The predicted octanol–water partition coefficient (Wildman–Crippen LogP) is 2.39. The number of benzene rings is 1. The van der Waals surface area contributed by atoms with Crippen molar-refractivity contribution in [3.8, 4) is 0 Å². The van der Waals surface area contributed by atoms with Gasteiger partial charge in [0.05, 0.1) is 10.5 Å². The minimum atomic E-state index is -0.835. The van der Waals surface area contributed by atoms with Gasteiger partial charge < -0.3 is 5.32 Å². The van der Waals surface area contributed by atoms with Crippen molar-refractivity contribution in [3.63, 3.8) is 0 Å². The highest BCUT2D eigenvalue weighted by molar-refractivity contribution is 7.84. The molecule has 1 N–H and O–H groups in total. The lowest BCUT2D eigenvalue weighted by Gasteiger charge is -2.06. The Morgan fingerprint density at radius 2 is 2.15 bits per heavy atom. The van der Waals surface area contributed by atoms with E-state index in [0.29, 0.717) is 35.0 Å². The molecule has 20 heavy (non-hydrogen) atoms. The lowest BCUT2D eigenvalue weighted by atomic mass is 10.2. The van der Waals surface area contributed by atoms with E-state index in [1.165, 1.54) is 0 Å². The Morgan fingerprint density at radius 1 is 1.40 bits per heavy atom. The molecule has 4 nitrogen and oxygen atoms in total. The molecule has 1 atom stereocenters. The quantitative estimate of drug-likeness (QED) is 0.863. The molecule has 0 aliphatic carbocycles. The van der Waals surface area contributed by atoms with Gasteiger partial charge in [-0.1, -0.05) is 29.8 Å². The van der Waals surface area contributed by atoms with Crippen LogP contribution >= 0.6 is 11.6 Å². The fourth-order valence-electron chi connectivity index (χ4n) is 1.82. The monoisotopic (exact) mass is 310 g/mol. The fraction of sp³-hybridized carbons (Fsp3) is 0.286. The van der Waals surface area contributed by atoms with Gasteiger partial charge >= 0.3 is 0 Å². The van der Waals surface area contributed by atoms with E-state index in [1.54, 1.807) is 12.3 Å². The summed E-state index contributed by atoms with van der Waals surface area (Å²) in [5.74, 6) is 0.311. The highest BCUT2D eigenvalue weighted by Crippen LogP contribution is 2.22. The molecule has 0 aliphatic rings. The lowest BCUT2D eigenvalue weighted by molar-refractivity contribution is 0.0949. The Morgan fingerprint density at radius 3 is 2.90 bits per heavy atom. The first-order valence-electron chi connectivity index (χ1n) is 6.21. The SMILES string of the molecule is CS(=O)CCCNC(=O)c1cc(Cl)c2ccccc2n1. The fourth-order valence-corrected chi connectivity index (χ4v) is 2.63. The zero-order valence-electron chi connectivity index (χ0n) is 11.1. The number of nitrogens with zero attached hydrogens (tertiary/aromatic N) is 1. The minimum absolute atomic E-state index is 0.264. The number of amides is 1. The van der Waals surface area contributed by atoms with Gasteiger partial charge in [0.2, 0.25) is 0 Å². The van der Waals surface area contributed by atoms with Gasteiger partial charge in [-0.15, -0.1) is 0 Å². The molecule has 0 saturated heterocycles. The Hall–Kier alpha value is -1.46. The molecule has 1 amide bonds. The van der Waals surface area contributed by atoms with Crippen LogP contribution in [0.1, 0.15) is 16.9 Å². The zero-order valence-corrected chi connectivity index (χ0v) is 12.6. The second kappa shape index (κ2) is 6.81. The van der Waals surface area contributed by atoms with Crippen LogP contribution in [0, 0.1) is 0 Å². The summed E-state index contributed by atoms with van der Waals surface area (Å²) >= 11 is 6.15. The van der Waals surface area contributed by atoms with Crippen molar-refractivity contribution in [2.75, 3.05) is 18.6 Å². The van der Waals surface area contributed by atoms with Crippen LogP contribution < -0.4 is 5.32 Å². The van der Waals surface area contributed by atoms with Gasteiger partial charge in [0, 0.05) is 34.7 Å². The molecule has 0 saturated carbocycles. The third kappa shape index (κ3) is 3.77. The first-order chi connectivity index (χ1) is 9.58. The average Bonchev–Trinajstić information content (AvgIpc) is 2.43. The molecule has 1 heterocycles. The number of fused-ring (bicyclic) bond motifs is 1. The highest BCUT2D eigenvalue weighted by atomic mass is 35.5. The number of hydrogen-bond donors (Lipinski definition) is 1. The van der Waals surface area contributed by atoms with Crippen LogP contribution in [-0.2, 0) is 10.8 Å². The number of para-hydroxylation sites is 1. The van der Waals surface area contributed by atoms with Crippen molar-refractivity contribution >= 4 is 39.2 Å². The van der Waals surface area contributed by atoms with Crippen molar-refractivity contribution in [2.24, 2.45) is 0 Å². The van der Waals surface area contributed by atoms with E-state index >= 15 is 0 Å². The minimum Gasteiger partial charge on any atom is -0.351 e. The standard InChI is InChI=1S/C14H15ClN2O2S/c1-20(19)8-4-7-16-14(18)13-9-11(15)10-5-2-3-6-12(10)17-13/h2-3,5-6,9H,4,7-8H2,1H3,(H,16,18). The van der Waals surface area contributed by atoms with Crippen molar-refractivity contribution in [2.45, 2.75) is 6.42 Å². The highest BCUT2D eigenvalue weighted by Gasteiger charge is 2.10. The molecular formula is C14H15ClN2O2S. The number of nitrogens with one attached hydrogen (secondary N) is 1. The first kappa shape index (κ1) is 14.9. The summed E-state index contributed by atoms with van der Waals surface area (Å²) in [6, 6.07) is 8.97. The van der Waals surface area contributed by atoms with E-state index in [2.05, 4.69) is 10.3 Å². The largest absolute Gasteiger partial charge is 0.351 e. The summed E-state index contributed by atoms with van der Waals surface area (Å²) in [7, 11) is -0.835. The van der Waals surface area contributed by atoms with Crippen LogP contribution in [0.25, 0.3) is 10.9 Å². The molecule has 1 aromatic carbocycles. The molecule has 1 unspecified atom stereocenters. The van der Waals surface area contributed by atoms with E-state index in [4.69, 9.17) is 11.6 Å². The summed E-state index contributed by atoms with van der Waals surface area (Å²) in [6.07, 6.45) is 2.32. The number of halogens is 1. The lowest BCUT2D eigenvalue weighted by Crippen LogP contribution is -2.26. The Kier molecular flexibility index (Phi) is 5.09. The van der Waals surface area contributed by atoms with E-state index < -0.39 is 10.8 Å². The second-order valence-electron chi connectivity index (χ2n) is 4.39. The third-order valence-corrected chi connectivity index (χ3v) is 3.97. The molecule has 0 fully saturated rings. The number of pyridine rings is 1. The van der Waals surface area contributed by atoms with Gasteiger partial charge in [0.15, 0.2) is 0 Å². The van der Waals surface area contributed by atoms with Crippen LogP contribution in [0.5, 0.6) is 0 Å². The number of rotatable bonds is 5. The molecule has 0 bridgehead atoms. The molecular weight excluding hydrogens is 296 g/mol. The van der Waals surface area contributed by atoms with Crippen LogP contribution in [0.4, 0.5) is 0 Å². The van der Waals surface area contributed by atoms with Gasteiger partial charge in [-0.05, 0) is 18.6 Å². The van der Waals surface area contributed by atoms with Gasteiger partial charge in [0.25, 0.3) is 5.91 Å². The number of hydrogen-bond acceptors (Lipinski definition) is 3. The Bertz CT molecular complexity index is 661. The summed E-state index contributed by atoms with van der Waals surface area (Å²) in [6.45, 7) is 0.477. The Labute approximate surface area is 125 Å². The molecule has 0 spiro atoms. The summed E-state index contributed by atoms with van der Waals surface area (Å²) in [5, 5.41) is 4.09. The molecule has 1 aromatic heterocycles. The van der Waals surface area contributed by atoms with E-state index in [9.17, 15) is 9.00 Å². The maximum atomic E-state index is 12.0. The van der Waals surface area contributed by atoms with Crippen LogP contribution in [0.3, 0.4) is 0 Å². The zero-order chi connectivity index (χ0) is 14.5. The third-order valence-electron chi connectivity index (χ3n) is 2.79. The smallest absolute Gasteiger partial charge is 0.269 e. The number of carbonyl (C=O) groups excluding carboxylic acids is 1. The van der Waals surface area contributed by atoms with E-state index in [-0.39, 0.29) is 5.91 Å². The summed E-state index contributed by atoms with van der Waals surface area (Å²) in [5.41, 5.74) is 0.992. The van der Waals surface area contributed by atoms with Crippen LogP contribution in [0.15, 0.2) is 30.3 Å². The van der Waals surface area contributed by atoms with Crippen LogP contribution in [-0.4, -0.2) is 33.7 Å². The van der Waals surface area contributed by atoms with Crippen LogP contribution in [0.2, 0.25) is 5.02 Å². The number of carbonyl (C=O) groups is 1. The van der Waals surface area contributed by atoms with Crippen molar-refractivity contribution < 1.29 is 9.00 Å². The summed E-state index contributed by atoms with van der Waals surface area (Å²) in [4.78, 5) is 16.3. The molecule has 0 radical (unpaired) electrons. The summed E-state index contributed by atoms with van der Waals surface area (Å²) < 4.78 is 10.9. The molecule has 2 aromatic rings. The second-order valence-corrected chi connectivity index (χ2v) is 6.36. The molecule has 2 rings (SSSR count). The van der Waals surface area contributed by atoms with E-state index in [0.717, 1.165) is 5.39 Å².